The molecule has 2 fully saturated rings. The second kappa shape index (κ2) is 6.21. The number of rotatable bonds is 6. The first-order valence-corrected chi connectivity index (χ1v) is 7.91. The number of ether oxygens (including phenoxy) is 1. The predicted octanol–water partition coefficient (Wildman–Crippen LogP) is 1.39. The molecule has 8 nitrogen and oxygen atoms in total. The quantitative estimate of drug-likeness (QED) is 0.631. The van der Waals surface area contributed by atoms with Crippen LogP contribution < -0.4 is 5.32 Å². The molecule has 3 rings (SSSR count). The van der Waals surface area contributed by atoms with Crippen molar-refractivity contribution in [2.75, 3.05) is 31.6 Å². The number of aryl methyl sites for hydroxylation is 2. The van der Waals surface area contributed by atoms with Crippen molar-refractivity contribution < 1.29 is 9.66 Å². The van der Waals surface area contributed by atoms with Gasteiger partial charge in [0.15, 0.2) is 0 Å². The van der Waals surface area contributed by atoms with E-state index in [1.165, 1.54) is 12.8 Å². The summed E-state index contributed by atoms with van der Waals surface area (Å²) in [5, 5.41) is 18.7. The lowest BCUT2D eigenvalue weighted by Gasteiger charge is -2.33. The molecule has 1 N–H and O–H groups in total. The Labute approximate surface area is 129 Å². The number of hydrogen-bond donors (Lipinski definition) is 1. The number of hydrogen-bond acceptors (Lipinski definition) is 6. The van der Waals surface area contributed by atoms with E-state index >= 15 is 0 Å². The molecule has 1 aromatic heterocycles. The van der Waals surface area contributed by atoms with E-state index in [0.29, 0.717) is 24.6 Å². The van der Waals surface area contributed by atoms with Crippen LogP contribution in [-0.4, -0.2) is 58.0 Å². The van der Waals surface area contributed by atoms with Crippen molar-refractivity contribution in [1.29, 1.82) is 0 Å². The maximum absolute atomic E-state index is 11.2. The van der Waals surface area contributed by atoms with Gasteiger partial charge in [0.25, 0.3) is 0 Å². The third-order valence-electron chi connectivity index (χ3n) is 4.31. The van der Waals surface area contributed by atoms with E-state index in [4.69, 9.17) is 4.74 Å². The molecule has 1 atom stereocenters. The number of nitrogens with zero attached hydrogens (tertiary/aromatic N) is 4. The first-order chi connectivity index (χ1) is 10.6. The highest BCUT2D eigenvalue weighted by molar-refractivity contribution is 5.59. The number of nitrogens with one attached hydrogen (secondary N) is 1. The molecule has 0 spiro atoms. The van der Waals surface area contributed by atoms with Crippen LogP contribution in [0.4, 0.5) is 11.5 Å². The van der Waals surface area contributed by atoms with Crippen LogP contribution in [0.3, 0.4) is 0 Å². The number of nitro groups is 1. The molecule has 1 aliphatic carbocycles. The van der Waals surface area contributed by atoms with Crippen LogP contribution in [0.25, 0.3) is 0 Å². The summed E-state index contributed by atoms with van der Waals surface area (Å²) in [6, 6.07) is 0.726. The van der Waals surface area contributed by atoms with E-state index < -0.39 is 0 Å². The van der Waals surface area contributed by atoms with Crippen molar-refractivity contribution in [3.8, 4) is 0 Å². The topological polar surface area (TPSA) is 85.5 Å². The molecule has 2 heterocycles. The molecule has 8 heteroatoms. The Balaban J connectivity index is 1.66. The molecule has 1 saturated carbocycles. The van der Waals surface area contributed by atoms with E-state index in [1.54, 1.807) is 11.6 Å². The van der Waals surface area contributed by atoms with Crippen LogP contribution >= 0.6 is 0 Å². The Hall–Kier alpha value is -1.67. The maximum atomic E-state index is 11.2. The van der Waals surface area contributed by atoms with E-state index in [-0.39, 0.29) is 16.7 Å². The molecule has 1 unspecified atom stereocenters. The Morgan fingerprint density at radius 2 is 2.27 bits per heavy atom. The maximum Gasteiger partial charge on any atom is 0.333 e. The summed E-state index contributed by atoms with van der Waals surface area (Å²) in [6.07, 6.45) is 2.63. The van der Waals surface area contributed by atoms with Crippen molar-refractivity contribution in [3.63, 3.8) is 0 Å². The number of morpholine rings is 1. The van der Waals surface area contributed by atoms with Gasteiger partial charge in [-0.1, -0.05) is 0 Å². The Morgan fingerprint density at radius 3 is 2.91 bits per heavy atom. The molecule has 1 aromatic rings. The molecule has 1 saturated heterocycles. The zero-order valence-corrected chi connectivity index (χ0v) is 13.1. The summed E-state index contributed by atoms with van der Waals surface area (Å²) in [6.45, 7) is 7.37. The van der Waals surface area contributed by atoms with Gasteiger partial charge in [-0.25, -0.2) is 4.68 Å². The minimum atomic E-state index is -0.366. The van der Waals surface area contributed by atoms with Crippen molar-refractivity contribution in [2.24, 2.45) is 0 Å². The second-order valence-corrected chi connectivity index (χ2v) is 5.96. The van der Waals surface area contributed by atoms with Gasteiger partial charge in [0.05, 0.1) is 17.6 Å². The number of anilines is 1. The van der Waals surface area contributed by atoms with E-state index in [2.05, 4.69) is 15.3 Å². The van der Waals surface area contributed by atoms with Gasteiger partial charge in [0, 0.05) is 32.2 Å². The standard InChI is InChI=1S/C14H23N5O3/c1-3-18-14(13(19(20)21)10(2)16-18)15-8-12-9-17(6-7-22-12)11-4-5-11/h11-12,15H,3-9H2,1-2H3. The van der Waals surface area contributed by atoms with Gasteiger partial charge in [-0.2, -0.15) is 5.10 Å². The molecule has 2 aliphatic rings. The van der Waals surface area contributed by atoms with Gasteiger partial charge in [-0.15, -0.1) is 0 Å². The highest BCUT2D eigenvalue weighted by Crippen LogP contribution is 2.30. The van der Waals surface area contributed by atoms with Gasteiger partial charge in [0.2, 0.25) is 5.82 Å². The lowest BCUT2D eigenvalue weighted by Crippen LogP contribution is -2.46. The minimum Gasteiger partial charge on any atom is -0.374 e. The summed E-state index contributed by atoms with van der Waals surface area (Å²) in [5.74, 6) is 0.483. The van der Waals surface area contributed by atoms with Crippen molar-refractivity contribution >= 4 is 11.5 Å². The van der Waals surface area contributed by atoms with Crippen LogP contribution in [0.15, 0.2) is 0 Å². The Bertz CT molecular complexity index is 555. The third kappa shape index (κ3) is 3.07. The van der Waals surface area contributed by atoms with Crippen molar-refractivity contribution in [2.45, 2.75) is 45.4 Å². The van der Waals surface area contributed by atoms with Gasteiger partial charge in [-0.3, -0.25) is 15.0 Å². The van der Waals surface area contributed by atoms with Crippen LogP contribution in [0.2, 0.25) is 0 Å². The summed E-state index contributed by atoms with van der Waals surface area (Å²) < 4.78 is 7.43. The molecule has 1 aliphatic heterocycles. The first-order valence-electron chi connectivity index (χ1n) is 7.91. The normalized spacial score (nSPS) is 22.7. The molecular weight excluding hydrogens is 286 g/mol. The SMILES string of the molecule is CCn1nc(C)c([N+](=O)[O-])c1NCC1CN(C2CC2)CCO1. The highest BCUT2D eigenvalue weighted by Gasteiger charge is 2.33. The minimum absolute atomic E-state index is 0.0643. The van der Waals surface area contributed by atoms with Gasteiger partial charge in [-0.05, 0) is 26.7 Å². The van der Waals surface area contributed by atoms with Gasteiger partial charge < -0.3 is 10.1 Å². The first kappa shape index (κ1) is 15.2. The van der Waals surface area contributed by atoms with Crippen molar-refractivity contribution in [3.05, 3.63) is 15.8 Å². The van der Waals surface area contributed by atoms with E-state index in [9.17, 15) is 10.1 Å². The lowest BCUT2D eigenvalue weighted by atomic mass is 10.2. The van der Waals surface area contributed by atoms with E-state index in [1.807, 2.05) is 6.92 Å². The molecule has 22 heavy (non-hydrogen) atoms. The van der Waals surface area contributed by atoms with E-state index in [0.717, 1.165) is 25.7 Å². The van der Waals surface area contributed by atoms with Gasteiger partial charge in [0.1, 0.15) is 5.69 Å². The molecule has 0 radical (unpaired) electrons. The Kier molecular flexibility index (Phi) is 4.30. The molecule has 0 bridgehead atoms. The third-order valence-corrected chi connectivity index (χ3v) is 4.31. The fourth-order valence-corrected chi connectivity index (χ4v) is 3.04. The lowest BCUT2D eigenvalue weighted by molar-refractivity contribution is -0.384. The number of aromatic nitrogens is 2. The molecule has 0 amide bonds. The zero-order valence-electron chi connectivity index (χ0n) is 13.1. The Morgan fingerprint density at radius 1 is 1.50 bits per heavy atom. The molecular formula is C14H23N5O3. The van der Waals surface area contributed by atoms with Crippen molar-refractivity contribution in [1.82, 2.24) is 14.7 Å². The summed E-state index contributed by atoms with van der Waals surface area (Å²) in [4.78, 5) is 13.3. The fraction of sp³-hybridized carbons (Fsp3) is 0.786. The monoisotopic (exact) mass is 309 g/mol. The average molecular weight is 309 g/mol. The smallest absolute Gasteiger partial charge is 0.333 e. The van der Waals surface area contributed by atoms with Crippen LogP contribution in [-0.2, 0) is 11.3 Å². The molecule has 122 valence electrons. The summed E-state index contributed by atoms with van der Waals surface area (Å²) in [7, 11) is 0. The molecule has 0 aromatic carbocycles. The van der Waals surface area contributed by atoms with Crippen LogP contribution in [0, 0.1) is 17.0 Å². The highest BCUT2D eigenvalue weighted by atomic mass is 16.6. The largest absolute Gasteiger partial charge is 0.374 e. The summed E-state index contributed by atoms with van der Waals surface area (Å²) >= 11 is 0. The average Bonchev–Trinajstić information content (AvgIpc) is 3.29. The zero-order chi connectivity index (χ0) is 15.7. The van der Waals surface area contributed by atoms with Crippen LogP contribution in [0.1, 0.15) is 25.5 Å². The van der Waals surface area contributed by atoms with Gasteiger partial charge >= 0.3 is 5.69 Å². The fourth-order valence-electron chi connectivity index (χ4n) is 3.04. The van der Waals surface area contributed by atoms with Crippen LogP contribution in [0.5, 0.6) is 0 Å². The second-order valence-electron chi connectivity index (χ2n) is 5.96. The summed E-state index contributed by atoms with van der Waals surface area (Å²) in [5.41, 5.74) is 0.509. The predicted molar refractivity (Wildman–Crippen MR) is 82.1 cm³/mol.